The number of rotatable bonds is 1. The smallest absolute Gasteiger partial charge is 0.165 e. The second-order valence-electron chi connectivity index (χ2n) is 3.17. The van der Waals surface area contributed by atoms with Gasteiger partial charge in [-0.15, -0.1) is 0 Å². The van der Waals surface area contributed by atoms with Gasteiger partial charge in [-0.05, 0) is 18.1 Å². The van der Waals surface area contributed by atoms with Crippen molar-refractivity contribution < 1.29 is 9.53 Å². The third kappa shape index (κ3) is 1.16. The number of hydrogen-bond donors (Lipinski definition) is 1. The molecule has 0 amide bonds. The van der Waals surface area contributed by atoms with Crippen LogP contribution in [0.3, 0.4) is 0 Å². The van der Waals surface area contributed by atoms with E-state index in [2.05, 4.69) is 0 Å². The van der Waals surface area contributed by atoms with Crippen LogP contribution in [0.2, 0.25) is 0 Å². The number of Topliss-reactive ketones (excluding diaryl/α,β-unsaturated/α-hetero) is 1. The van der Waals surface area contributed by atoms with Crippen molar-refractivity contribution in [3.8, 4) is 5.75 Å². The molecular weight excluding hydrogens is 166 g/mol. The van der Waals surface area contributed by atoms with Crippen molar-refractivity contribution in [3.63, 3.8) is 0 Å². The van der Waals surface area contributed by atoms with E-state index in [4.69, 9.17) is 10.5 Å². The molecule has 1 aliphatic carbocycles. The van der Waals surface area contributed by atoms with Gasteiger partial charge in [0.1, 0.15) is 5.75 Å². The average Bonchev–Trinajstić information content (AvgIpc) is 2.48. The van der Waals surface area contributed by atoms with E-state index in [1.54, 1.807) is 13.2 Å². The SMILES string of the molecule is COc1cc(N)c2c(c1)CCC2=O. The highest BCUT2D eigenvalue weighted by Gasteiger charge is 2.22. The number of aryl methyl sites for hydroxylation is 1. The number of nitrogen functional groups attached to an aromatic ring is 1. The summed E-state index contributed by atoms with van der Waals surface area (Å²) in [5, 5.41) is 0. The van der Waals surface area contributed by atoms with E-state index in [1.807, 2.05) is 6.07 Å². The summed E-state index contributed by atoms with van der Waals surface area (Å²) in [5.74, 6) is 0.876. The van der Waals surface area contributed by atoms with E-state index in [-0.39, 0.29) is 5.78 Å². The Bertz CT molecular complexity index is 371. The summed E-state index contributed by atoms with van der Waals surface area (Å²) in [4.78, 5) is 11.4. The Morgan fingerprint density at radius 3 is 2.85 bits per heavy atom. The van der Waals surface area contributed by atoms with Crippen molar-refractivity contribution in [2.75, 3.05) is 12.8 Å². The topological polar surface area (TPSA) is 52.3 Å². The lowest BCUT2D eigenvalue weighted by molar-refractivity contribution is 0.0995. The fourth-order valence-electron chi connectivity index (χ4n) is 1.72. The molecule has 0 aliphatic heterocycles. The van der Waals surface area contributed by atoms with E-state index < -0.39 is 0 Å². The molecule has 0 saturated heterocycles. The molecule has 1 aromatic carbocycles. The standard InChI is InChI=1S/C10H11NO2/c1-13-7-4-6-2-3-9(12)10(6)8(11)5-7/h4-5H,2-3,11H2,1H3. The molecule has 1 aromatic rings. The molecule has 2 rings (SSSR count). The molecule has 0 heterocycles. The number of hydrogen-bond acceptors (Lipinski definition) is 3. The van der Waals surface area contributed by atoms with Gasteiger partial charge in [-0.2, -0.15) is 0 Å². The number of methoxy groups -OCH3 is 1. The first-order chi connectivity index (χ1) is 6.22. The summed E-state index contributed by atoms with van der Waals surface area (Å²) in [6.45, 7) is 0. The van der Waals surface area contributed by atoms with Crippen LogP contribution in [0.15, 0.2) is 12.1 Å². The number of nitrogens with two attached hydrogens (primary N) is 1. The van der Waals surface area contributed by atoms with Gasteiger partial charge in [-0.1, -0.05) is 0 Å². The fraction of sp³-hybridized carbons (Fsp3) is 0.300. The van der Waals surface area contributed by atoms with Crippen LogP contribution in [0.1, 0.15) is 22.3 Å². The van der Waals surface area contributed by atoms with Crippen LogP contribution in [0, 0.1) is 0 Å². The number of ketones is 1. The molecule has 0 atom stereocenters. The second kappa shape index (κ2) is 2.76. The van der Waals surface area contributed by atoms with Gasteiger partial charge in [0.05, 0.1) is 7.11 Å². The lowest BCUT2D eigenvalue weighted by Crippen LogP contribution is -1.99. The number of anilines is 1. The Morgan fingerprint density at radius 2 is 2.15 bits per heavy atom. The number of carbonyl (C=O) groups is 1. The Morgan fingerprint density at radius 1 is 1.38 bits per heavy atom. The normalized spacial score (nSPS) is 14.4. The van der Waals surface area contributed by atoms with Crippen molar-refractivity contribution in [1.82, 2.24) is 0 Å². The second-order valence-corrected chi connectivity index (χ2v) is 3.17. The van der Waals surface area contributed by atoms with Crippen molar-refractivity contribution in [1.29, 1.82) is 0 Å². The number of benzene rings is 1. The summed E-state index contributed by atoms with van der Waals surface area (Å²) in [6.07, 6.45) is 1.36. The van der Waals surface area contributed by atoms with Gasteiger partial charge in [0.15, 0.2) is 5.78 Å². The largest absolute Gasteiger partial charge is 0.497 e. The fourth-order valence-corrected chi connectivity index (χ4v) is 1.72. The number of fused-ring (bicyclic) bond motifs is 1. The number of carbonyl (C=O) groups excluding carboxylic acids is 1. The van der Waals surface area contributed by atoms with E-state index in [1.165, 1.54) is 0 Å². The Hall–Kier alpha value is -1.51. The summed E-state index contributed by atoms with van der Waals surface area (Å²) < 4.78 is 5.06. The van der Waals surface area contributed by atoms with Gasteiger partial charge in [0, 0.05) is 23.7 Å². The third-order valence-corrected chi connectivity index (χ3v) is 2.36. The first-order valence-electron chi connectivity index (χ1n) is 4.22. The van der Waals surface area contributed by atoms with E-state index >= 15 is 0 Å². The average molecular weight is 177 g/mol. The zero-order chi connectivity index (χ0) is 9.42. The van der Waals surface area contributed by atoms with Gasteiger partial charge in [-0.3, -0.25) is 4.79 Å². The minimum Gasteiger partial charge on any atom is -0.497 e. The third-order valence-electron chi connectivity index (χ3n) is 2.36. The molecule has 3 heteroatoms. The molecule has 2 N–H and O–H groups in total. The number of ether oxygens (including phenoxy) is 1. The quantitative estimate of drug-likeness (QED) is 0.660. The lowest BCUT2D eigenvalue weighted by Gasteiger charge is -2.05. The first-order valence-corrected chi connectivity index (χ1v) is 4.22. The van der Waals surface area contributed by atoms with E-state index in [0.29, 0.717) is 17.7 Å². The zero-order valence-corrected chi connectivity index (χ0v) is 7.46. The highest BCUT2D eigenvalue weighted by molar-refractivity contribution is 6.05. The molecular formula is C10H11NO2. The summed E-state index contributed by atoms with van der Waals surface area (Å²) in [7, 11) is 1.60. The Kier molecular flexibility index (Phi) is 1.72. The van der Waals surface area contributed by atoms with Crippen molar-refractivity contribution in [2.45, 2.75) is 12.8 Å². The molecule has 1 aliphatic rings. The molecule has 68 valence electrons. The Labute approximate surface area is 76.5 Å². The van der Waals surface area contributed by atoms with Crippen LogP contribution in [-0.2, 0) is 6.42 Å². The van der Waals surface area contributed by atoms with Gasteiger partial charge in [-0.25, -0.2) is 0 Å². The van der Waals surface area contributed by atoms with Crippen molar-refractivity contribution in [3.05, 3.63) is 23.3 Å². The van der Waals surface area contributed by atoms with Crippen LogP contribution in [0.5, 0.6) is 5.75 Å². The highest BCUT2D eigenvalue weighted by Crippen LogP contribution is 2.31. The maximum Gasteiger partial charge on any atom is 0.165 e. The van der Waals surface area contributed by atoms with Crippen molar-refractivity contribution >= 4 is 11.5 Å². The molecule has 0 saturated carbocycles. The summed E-state index contributed by atoms with van der Waals surface area (Å²) >= 11 is 0. The molecule has 0 fully saturated rings. The van der Waals surface area contributed by atoms with Crippen LogP contribution < -0.4 is 10.5 Å². The predicted molar refractivity (Wildman–Crippen MR) is 50.1 cm³/mol. The first kappa shape index (κ1) is 8.10. The predicted octanol–water partition coefficient (Wildman–Crippen LogP) is 1.41. The monoisotopic (exact) mass is 177 g/mol. The zero-order valence-electron chi connectivity index (χ0n) is 7.46. The minimum absolute atomic E-state index is 0.148. The molecule has 0 bridgehead atoms. The molecule has 0 radical (unpaired) electrons. The highest BCUT2D eigenvalue weighted by atomic mass is 16.5. The van der Waals surface area contributed by atoms with Gasteiger partial charge < -0.3 is 10.5 Å². The Balaban J connectivity index is 2.59. The molecule has 3 nitrogen and oxygen atoms in total. The van der Waals surface area contributed by atoms with E-state index in [0.717, 1.165) is 17.7 Å². The van der Waals surface area contributed by atoms with Crippen LogP contribution in [0.4, 0.5) is 5.69 Å². The molecule has 0 unspecified atom stereocenters. The molecule has 0 spiro atoms. The van der Waals surface area contributed by atoms with Crippen LogP contribution in [-0.4, -0.2) is 12.9 Å². The summed E-state index contributed by atoms with van der Waals surface area (Å²) in [6, 6.07) is 3.58. The van der Waals surface area contributed by atoms with Gasteiger partial charge in [0.2, 0.25) is 0 Å². The summed E-state index contributed by atoms with van der Waals surface area (Å²) in [5.41, 5.74) is 7.99. The van der Waals surface area contributed by atoms with Crippen molar-refractivity contribution in [2.24, 2.45) is 0 Å². The lowest BCUT2D eigenvalue weighted by atomic mass is 10.1. The maximum atomic E-state index is 11.4. The molecule has 13 heavy (non-hydrogen) atoms. The van der Waals surface area contributed by atoms with Crippen LogP contribution in [0.25, 0.3) is 0 Å². The molecule has 0 aromatic heterocycles. The van der Waals surface area contributed by atoms with Gasteiger partial charge in [0.25, 0.3) is 0 Å². The maximum absolute atomic E-state index is 11.4. The van der Waals surface area contributed by atoms with Crippen LogP contribution >= 0.6 is 0 Å². The van der Waals surface area contributed by atoms with E-state index in [9.17, 15) is 4.79 Å². The minimum atomic E-state index is 0.148. The van der Waals surface area contributed by atoms with Gasteiger partial charge >= 0.3 is 0 Å².